The Hall–Kier alpha value is -0.920. The van der Waals surface area contributed by atoms with Gasteiger partial charge in [-0.05, 0) is 38.4 Å². The predicted octanol–water partition coefficient (Wildman–Crippen LogP) is 3.33. The van der Waals surface area contributed by atoms with Gasteiger partial charge in [0.25, 0.3) is 0 Å². The normalized spacial score (nSPS) is 11.5. The first-order chi connectivity index (χ1) is 10.4. The Balaban J connectivity index is 0.00000264. The lowest BCUT2D eigenvalue weighted by molar-refractivity contribution is 0.401. The second-order valence-electron chi connectivity index (χ2n) is 5.24. The monoisotopic (exact) mass is 374 g/mol. The molecule has 128 valence electrons. The van der Waals surface area contributed by atoms with E-state index in [1.54, 1.807) is 6.07 Å². The first-order valence-electron chi connectivity index (χ1n) is 7.26. The second-order valence-corrected chi connectivity index (χ2v) is 8.61. The highest BCUT2D eigenvalue weighted by Crippen LogP contribution is 2.28. The molecule has 0 radical (unpaired) electrons. The van der Waals surface area contributed by atoms with Gasteiger partial charge in [0.05, 0.1) is 4.90 Å². The van der Waals surface area contributed by atoms with Crippen LogP contribution in [0.25, 0.3) is 0 Å². The first kappa shape index (κ1) is 20.1. The van der Waals surface area contributed by atoms with Gasteiger partial charge >= 0.3 is 0 Å². The minimum atomic E-state index is -3.49. The molecule has 0 unspecified atom stereocenters. The van der Waals surface area contributed by atoms with E-state index in [9.17, 15) is 8.42 Å². The van der Waals surface area contributed by atoms with Crippen LogP contribution in [0, 0.1) is 13.8 Å². The van der Waals surface area contributed by atoms with Crippen LogP contribution in [0.15, 0.2) is 41.3 Å². The van der Waals surface area contributed by atoms with Crippen molar-refractivity contribution in [1.82, 2.24) is 4.31 Å². The van der Waals surface area contributed by atoms with E-state index in [2.05, 4.69) is 0 Å². The van der Waals surface area contributed by atoms with E-state index in [1.807, 2.05) is 44.2 Å². The van der Waals surface area contributed by atoms with Crippen LogP contribution in [0.2, 0.25) is 0 Å². The number of halogens is 1. The summed E-state index contributed by atoms with van der Waals surface area (Å²) in [6.45, 7) is 5.06. The molecule has 0 aliphatic rings. The van der Waals surface area contributed by atoms with E-state index < -0.39 is 10.0 Å². The van der Waals surface area contributed by atoms with Gasteiger partial charge in [-0.25, -0.2) is 8.42 Å². The third kappa shape index (κ3) is 5.02. The van der Waals surface area contributed by atoms with Crippen LogP contribution in [0.5, 0.6) is 0 Å². The molecule has 4 nitrogen and oxygen atoms in total. The largest absolute Gasteiger partial charge is 0.330 e. The lowest BCUT2D eigenvalue weighted by Crippen LogP contribution is -2.32. The fourth-order valence-electron chi connectivity index (χ4n) is 2.34. The van der Waals surface area contributed by atoms with Gasteiger partial charge in [-0.15, -0.1) is 23.7 Å². The Morgan fingerprint density at radius 1 is 1.17 bits per heavy atom. The maximum atomic E-state index is 13.0. The molecule has 1 aromatic carbocycles. The Labute approximate surface area is 148 Å². The summed E-state index contributed by atoms with van der Waals surface area (Å²) < 4.78 is 27.5. The SMILES string of the molecule is Cc1cc(S(=O)(=O)N(CCCN)Cc2ccccc2)c(C)s1.Cl. The third-order valence-corrected chi connectivity index (χ3v) is 6.49. The van der Waals surface area contributed by atoms with E-state index in [1.165, 1.54) is 15.6 Å². The average molecular weight is 375 g/mol. The zero-order valence-corrected chi connectivity index (χ0v) is 15.8. The molecule has 0 aliphatic heterocycles. The summed E-state index contributed by atoms with van der Waals surface area (Å²) >= 11 is 1.51. The van der Waals surface area contributed by atoms with E-state index in [0.717, 1.165) is 15.3 Å². The number of hydrogen-bond donors (Lipinski definition) is 1. The first-order valence-corrected chi connectivity index (χ1v) is 9.52. The standard InChI is InChI=1S/C16H22N2O2S2.ClH/c1-13-11-16(14(2)21-13)22(19,20)18(10-6-9-17)12-15-7-4-3-5-8-15;/h3-5,7-8,11H,6,9-10,12,17H2,1-2H3;1H. The van der Waals surface area contributed by atoms with E-state index >= 15 is 0 Å². The maximum absolute atomic E-state index is 13.0. The van der Waals surface area contributed by atoms with Crippen molar-refractivity contribution in [2.75, 3.05) is 13.1 Å². The minimum Gasteiger partial charge on any atom is -0.330 e. The second kappa shape index (κ2) is 8.80. The van der Waals surface area contributed by atoms with Gasteiger partial charge in [0.2, 0.25) is 10.0 Å². The summed E-state index contributed by atoms with van der Waals surface area (Å²) in [5.41, 5.74) is 6.55. The van der Waals surface area contributed by atoms with Crippen LogP contribution in [0.1, 0.15) is 21.7 Å². The molecular formula is C16H23ClN2O2S2. The fraction of sp³-hybridized carbons (Fsp3) is 0.375. The van der Waals surface area contributed by atoms with Crippen LogP contribution in [0.3, 0.4) is 0 Å². The van der Waals surface area contributed by atoms with E-state index in [0.29, 0.717) is 31.0 Å². The van der Waals surface area contributed by atoms with Crippen molar-refractivity contribution >= 4 is 33.8 Å². The zero-order chi connectivity index (χ0) is 16.2. The van der Waals surface area contributed by atoms with Gasteiger partial charge in [-0.2, -0.15) is 4.31 Å². The summed E-state index contributed by atoms with van der Waals surface area (Å²) in [5.74, 6) is 0. The quantitative estimate of drug-likeness (QED) is 0.808. The molecule has 2 rings (SSSR count). The molecule has 0 atom stereocenters. The Bertz CT molecular complexity index is 715. The lowest BCUT2D eigenvalue weighted by Gasteiger charge is -2.22. The Morgan fingerprint density at radius 2 is 1.83 bits per heavy atom. The maximum Gasteiger partial charge on any atom is 0.244 e. The number of benzene rings is 1. The molecule has 1 heterocycles. The summed E-state index contributed by atoms with van der Waals surface area (Å²) in [6.07, 6.45) is 0.647. The molecule has 0 bridgehead atoms. The zero-order valence-electron chi connectivity index (χ0n) is 13.4. The average Bonchev–Trinajstić information content (AvgIpc) is 2.84. The molecule has 0 spiro atoms. The molecule has 0 saturated heterocycles. The topological polar surface area (TPSA) is 63.4 Å². The smallest absolute Gasteiger partial charge is 0.244 e. The van der Waals surface area contributed by atoms with Gasteiger partial charge < -0.3 is 5.73 Å². The van der Waals surface area contributed by atoms with Crippen LogP contribution >= 0.6 is 23.7 Å². The molecule has 0 amide bonds. The number of thiophene rings is 1. The Kier molecular flexibility index (Phi) is 7.70. The number of nitrogens with zero attached hydrogens (tertiary/aromatic N) is 1. The number of rotatable bonds is 7. The molecule has 1 aromatic heterocycles. The number of sulfonamides is 1. The summed E-state index contributed by atoms with van der Waals surface area (Å²) in [6, 6.07) is 11.4. The van der Waals surface area contributed by atoms with Crippen LogP contribution in [-0.2, 0) is 16.6 Å². The number of aryl methyl sites for hydroxylation is 2. The third-order valence-electron chi connectivity index (χ3n) is 3.43. The molecule has 0 aliphatic carbocycles. The van der Waals surface area contributed by atoms with Gasteiger partial charge in [0.15, 0.2) is 0 Å². The lowest BCUT2D eigenvalue weighted by atomic mass is 10.2. The van der Waals surface area contributed by atoms with E-state index in [-0.39, 0.29) is 12.4 Å². The van der Waals surface area contributed by atoms with Gasteiger partial charge in [0, 0.05) is 22.8 Å². The summed E-state index contributed by atoms with van der Waals surface area (Å²) in [5, 5.41) is 0. The Morgan fingerprint density at radius 3 is 2.35 bits per heavy atom. The van der Waals surface area contributed by atoms with Gasteiger partial charge in [-0.1, -0.05) is 30.3 Å². The van der Waals surface area contributed by atoms with Crippen molar-refractivity contribution in [2.24, 2.45) is 5.73 Å². The number of hydrogen-bond acceptors (Lipinski definition) is 4. The van der Waals surface area contributed by atoms with Crippen molar-refractivity contribution in [1.29, 1.82) is 0 Å². The van der Waals surface area contributed by atoms with Crippen molar-refractivity contribution in [2.45, 2.75) is 31.7 Å². The molecule has 7 heteroatoms. The van der Waals surface area contributed by atoms with Gasteiger partial charge in [-0.3, -0.25) is 0 Å². The van der Waals surface area contributed by atoms with E-state index in [4.69, 9.17) is 5.73 Å². The molecule has 2 N–H and O–H groups in total. The van der Waals surface area contributed by atoms with Gasteiger partial charge in [0.1, 0.15) is 0 Å². The molecule has 2 aromatic rings. The highest BCUT2D eigenvalue weighted by molar-refractivity contribution is 7.89. The number of nitrogens with two attached hydrogens (primary N) is 1. The summed E-state index contributed by atoms with van der Waals surface area (Å²) in [7, 11) is -3.49. The van der Waals surface area contributed by atoms with Crippen LogP contribution in [-0.4, -0.2) is 25.8 Å². The van der Waals surface area contributed by atoms with Crippen molar-refractivity contribution in [3.05, 3.63) is 51.7 Å². The molecule has 0 saturated carbocycles. The fourth-order valence-corrected chi connectivity index (χ4v) is 5.33. The predicted molar refractivity (Wildman–Crippen MR) is 98.8 cm³/mol. The minimum absolute atomic E-state index is 0. The van der Waals surface area contributed by atoms with Crippen molar-refractivity contribution in [3.63, 3.8) is 0 Å². The highest BCUT2D eigenvalue weighted by atomic mass is 35.5. The molecular weight excluding hydrogens is 352 g/mol. The molecule has 23 heavy (non-hydrogen) atoms. The van der Waals surface area contributed by atoms with Crippen molar-refractivity contribution in [3.8, 4) is 0 Å². The summed E-state index contributed by atoms with van der Waals surface area (Å²) in [4.78, 5) is 2.26. The van der Waals surface area contributed by atoms with Crippen molar-refractivity contribution < 1.29 is 8.42 Å². The highest BCUT2D eigenvalue weighted by Gasteiger charge is 2.27. The molecule has 0 fully saturated rings. The van der Waals surface area contributed by atoms with Crippen LogP contribution < -0.4 is 5.73 Å². The van der Waals surface area contributed by atoms with Crippen LogP contribution in [0.4, 0.5) is 0 Å².